The van der Waals surface area contributed by atoms with E-state index in [0.29, 0.717) is 12.8 Å². The van der Waals surface area contributed by atoms with Gasteiger partial charge in [-0.25, -0.2) is 4.79 Å². The lowest BCUT2D eigenvalue weighted by Gasteiger charge is -2.37. The fraction of sp³-hybridized carbons (Fsp3) is 0.619. The third-order valence-corrected chi connectivity index (χ3v) is 4.70. The van der Waals surface area contributed by atoms with Gasteiger partial charge in [-0.2, -0.15) is 0 Å². The van der Waals surface area contributed by atoms with Crippen LogP contribution in [0.1, 0.15) is 59.9 Å². The minimum Gasteiger partial charge on any atom is -0.479 e. The number of hydrogen-bond donors (Lipinski definition) is 1. The first-order valence-corrected chi connectivity index (χ1v) is 8.93. The molecule has 0 aliphatic heterocycles. The third kappa shape index (κ3) is 6.52. The van der Waals surface area contributed by atoms with Gasteiger partial charge in [-0.1, -0.05) is 65.0 Å². The minimum atomic E-state index is -1.12. The van der Waals surface area contributed by atoms with Gasteiger partial charge in [0, 0.05) is 0 Å². The molecule has 0 amide bonds. The molecule has 0 bridgehead atoms. The number of aliphatic carboxylic acids is 1. The van der Waals surface area contributed by atoms with Gasteiger partial charge in [0.15, 0.2) is 6.10 Å². The second kappa shape index (κ2) is 8.50. The largest absolute Gasteiger partial charge is 0.479 e. The fourth-order valence-corrected chi connectivity index (χ4v) is 3.05. The van der Waals surface area contributed by atoms with Crippen molar-refractivity contribution in [2.75, 3.05) is 0 Å². The van der Waals surface area contributed by atoms with Crippen LogP contribution < -0.4 is 0 Å². The Labute approximate surface area is 151 Å². The first-order valence-electron chi connectivity index (χ1n) is 8.93. The van der Waals surface area contributed by atoms with Crippen LogP contribution in [0.5, 0.6) is 0 Å². The second-order valence-electron chi connectivity index (χ2n) is 8.57. The summed E-state index contributed by atoms with van der Waals surface area (Å²) in [6.07, 6.45) is 0.352. The van der Waals surface area contributed by atoms with Gasteiger partial charge in [0.1, 0.15) is 0 Å². The Bertz CT molecular complexity index is 571. The van der Waals surface area contributed by atoms with E-state index >= 15 is 0 Å². The van der Waals surface area contributed by atoms with Crippen LogP contribution >= 0.6 is 0 Å². The van der Waals surface area contributed by atoms with Gasteiger partial charge in [-0.3, -0.25) is 4.79 Å². The van der Waals surface area contributed by atoms with Crippen molar-refractivity contribution in [1.82, 2.24) is 0 Å². The van der Waals surface area contributed by atoms with E-state index in [-0.39, 0.29) is 17.8 Å². The number of rotatable bonds is 8. The summed E-state index contributed by atoms with van der Waals surface area (Å²) >= 11 is 0. The summed E-state index contributed by atoms with van der Waals surface area (Å²) in [5.41, 5.74) is 0.269. The van der Waals surface area contributed by atoms with Crippen molar-refractivity contribution < 1.29 is 19.4 Å². The molecule has 0 fully saturated rings. The van der Waals surface area contributed by atoms with E-state index in [1.165, 1.54) is 0 Å². The molecule has 0 aliphatic carbocycles. The van der Waals surface area contributed by atoms with Gasteiger partial charge < -0.3 is 9.84 Å². The zero-order chi connectivity index (χ0) is 19.3. The summed E-state index contributed by atoms with van der Waals surface area (Å²) in [6, 6.07) is 9.63. The Morgan fingerprint density at radius 2 is 1.64 bits per heavy atom. The van der Waals surface area contributed by atoms with Crippen LogP contribution in [0.2, 0.25) is 0 Å². The molecule has 0 radical (unpaired) electrons. The van der Waals surface area contributed by atoms with Gasteiger partial charge in [0.2, 0.25) is 0 Å². The van der Waals surface area contributed by atoms with Gasteiger partial charge in [-0.05, 0) is 43.1 Å². The van der Waals surface area contributed by atoms with E-state index in [4.69, 9.17) is 4.74 Å². The maximum atomic E-state index is 12.8. The van der Waals surface area contributed by atoms with Crippen molar-refractivity contribution in [3.05, 3.63) is 35.9 Å². The van der Waals surface area contributed by atoms with Crippen LogP contribution in [0.25, 0.3) is 0 Å². The molecule has 2 unspecified atom stereocenters. The molecule has 4 heteroatoms. The maximum Gasteiger partial charge on any atom is 0.345 e. The van der Waals surface area contributed by atoms with Gasteiger partial charge >= 0.3 is 11.9 Å². The first-order chi connectivity index (χ1) is 11.5. The average Bonchev–Trinajstić information content (AvgIpc) is 2.49. The van der Waals surface area contributed by atoms with Crippen LogP contribution in [-0.2, 0) is 20.7 Å². The molecule has 1 aromatic rings. The molecular weight excluding hydrogens is 316 g/mol. The molecule has 140 valence electrons. The van der Waals surface area contributed by atoms with Crippen molar-refractivity contribution in [2.45, 2.75) is 66.9 Å². The number of carboxylic acids is 1. The van der Waals surface area contributed by atoms with Crippen LogP contribution in [0.4, 0.5) is 0 Å². The molecule has 4 nitrogen and oxygen atoms in total. The molecule has 1 N–H and O–H groups in total. The summed E-state index contributed by atoms with van der Waals surface area (Å²) in [7, 11) is 0. The first kappa shape index (κ1) is 21.2. The topological polar surface area (TPSA) is 63.6 Å². The summed E-state index contributed by atoms with van der Waals surface area (Å²) in [5, 5.41) is 9.46. The molecule has 0 spiro atoms. The average molecular weight is 348 g/mol. The summed E-state index contributed by atoms with van der Waals surface area (Å²) in [4.78, 5) is 24.4. The molecule has 0 saturated heterocycles. The van der Waals surface area contributed by atoms with E-state index in [1.54, 1.807) is 0 Å². The number of carboxylic acid groups (broad SMARTS) is 1. The Morgan fingerprint density at radius 1 is 1.08 bits per heavy atom. The number of benzene rings is 1. The summed E-state index contributed by atoms with van der Waals surface area (Å²) < 4.78 is 5.47. The Hall–Kier alpha value is -1.84. The summed E-state index contributed by atoms with van der Waals surface area (Å²) in [6.45, 7) is 12.1. The molecule has 0 saturated carbocycles. The maximum absolute atomic E-state index is 12.8. The van der Waals surface area contributed by atoms with Crippen LogP contribution in [0.3, 0.4) is 0 Å². The quantitative estimate of drug-likeness (QED) is 0.691. The Morgan fingerprint density at radius 3 is 2.08 bits per heavy atom. The standard InChI is InChI=1S/C21H32O4/c1-15(2)21(6,14-20(3,4)5)19(24)25-17(18(22)23)13-12-16-10-8-7-9-11-16/h7-11,15,17H,12-14H2,1-6H3,(H,22,23). The van der Waals surface area contributed by atoms with Crippen molar-refractivity contribution in [2.24, 2.45) is 16.7 Å². The van der Waals surface area contributed by atoms with Crippen LogP contribution in [-0.4, -0.2) is 23.1 Å². The van der Waals surface area contributed by atoms with Gasteiger partial charge in [-0.15, -0.1) is 0 Å². The van der Waals surface area contributed by atoms with Gasteiger partial charge in [0.05, 0.1) is 5.41 Å². The van der Waals surface area contributed by atoms with E-state index in [1.807, 2.05) is 51.1 Å². The highest BCUT2D eigenvalue weighted by molar-refractivity contribution is 5.81. The zero-order valence-corrected chi connectivity index (χ0v) is 16.3. The molecule has 0 aromatic heterocycles. The monoisotopic (exact) mass is 348 g/mol. The van der Waals surface area contributed by atoms with Crippen LogP contribution in [0, 0.1) is 16.7 Å². The lowest BCUT2D eigenvalue weighted by molar-refractivity contribution is -0.175. The van der Waals surface area contributed by atoms with Gasteiger partial charge in [0.25, 0.3) is 0 Å². The number of aryl methyl sites for hydroxylation is 1. The van der Waals surface area contributed by atoms with Crippen LogP contribution in [0.15, 0.2) is 30.3 Å². The number of carbonyl (C=O) groups excluding carboxylic acids is 1. The van der Waals surface area contributed by atoms with Crippen molar-refractivity contribution >= 4 is 11.9 Å². The molecule has 0 aliphatic rings. The highest BCUT2D eigenvalue weighted by Crippen LogP contribution is 2.40. The number of esters is 1. The van der Waals surface area contributed by atoms with Crippen molar-refractivity contribution in [1.29, 1.82) is 0 Å². The molecule has 25 heavy (non-hydrogen) atoms. The highest BCUT2D eigenvalue weighted by Gasteiger charge is 2.42. The molecular formula is C21H32O4. The molecule has 1 aromatic carbocycles. The SMILES string of the molecule is CC(C)C(C)(CC(C)(C)C)C(=O)OC(CCc1ccccc1)C(=O)O. The van der Waals surface area contributed by atoms with Crippen molar-refractivity contribution in [3.8, 4) is 0 Å². The zero-order valence-electron chi connectivity index (χ0n) is 16.3. The minimum absolute atomic E-state index is 0.0548. The van der Waals surface area contributed by atoms with E-state index in [2.05, 4.69) is 20.8 Å². The molecule has 0 heterocycles. The number of hydrogen-bond acceptors (Lipinski definition) is 3. The lowest BCUT2D eigenvalue weighted by Crippen LogP contribution is -2.41. The fourth-order valence-electron chi connectivity index (χ4n) is 3.05. The summed E-state index contributed by atoms with van der Waals surface area (Å²) in [5.74, 6) is -1.45. The normalized spacial score (nSPS) is 15.5. The number of carbonyl (C=O) groups is 2. The van der Waals surface area contributed by atoms with E-state index < -0.39 is 23.5 Å². The second-order valence-corrected chi connectivity index (χ2v) is 8.57. The lowest BCUT2D eigenvalue weighted by atomic mass is 9.69. The predicted molar refractivity (Wildman–Crippen MR) is 99.3 cm³/mol. The van der Waals surface area contributed by atoms with E-state index in [0.717, 1.165) is 5.56 Å². The third-order valence-electron chi connectivity index (χ3n) is 4.70. The molecule has 1 rings (SSSR count). The van der Waals surface area contributed by atoms with Crippen molar-refractivity contribution in [3.63, 3.8) is 0 Å². The molecule has 2 atom stereocenters. The smallest absolute Gasteiger partial charge is 0.345 e. The Kier molecular flexibility index (Phi) is 7.21. The number of ether oxygens (including phenoxy) is 1. The predicted octanol–water partition coefficient (Wildman–Crippen LogP) is 4.71. The Balaban J connectivity index is 2.84. The highest BCUT2D eigenvalue weighted by atomic mass is 16.6. The van der Waals surface area contributed by atoms with E-state index in [9.17, 15) is 14.7 Å².